The van der Waals surface area contributed by atoms with Crippen molar-refractivity contribution >= 4 is 0 Å². The molecular formula is C14H28N2O. The number of nitrogens with zero attached hydrogens (tertiary/aromatic N) is 1. The van der Waals surface area contributed by atoms with Gasteiger partial charge in [-0.05, 0) is 31.6 Å². The van der Waals surface area contributed by atoms with Crippen molar-refractivity contribution in [3.05, 3.63) is 0 Å². The zero-order valence-corrected chi connectivity index (χ0v) is 11.6. The maximum atomic E-state index is 6.20. The van der Waals surface area contributed by atoms with Crippen LogP contribution in [0.15, 0.2) is 0 Å². The standard InChI is InChI=1S/C14H28N2O/c1-11-4-5-12(2)14(8-11,10-15)16-6-7-17-9-13(16)3/h11-13H,4-10,15H2,1-3H3. The van der Waals surface area contributed by atoms with Gasteiger partial charge >= 0.3 is 0 Å². The minimum absolute atomic E-state index is 0.223. The Kier molecular flexibility index (Phi) is 4.11. The lowest BCUT2D eigenvalue weighted by Gasteiger charge is -2.55. The van der Waals surface area contributed by atoms with Crippen molar-refractivity contribution in [3.8, 4) is 0 Å². The van der Waals surface area contributed by atoms with Crippen LogP contribution in [0.1, 0.15) is 40.0 Å². The summed E-state index contributed by atoms with van der Waals surface area (Å²) >= 11 is 0. The molecule has 4 unspecified atom stereocenters. The average Bonchev–Trinajstić information content (AvgIpc) is 2.33. The Morgan fingerprint density at radius 1 is 1.29 bits per heavy atom. The maximum Gasteiger partial charge on any atom is 0.0620 e. The van der Waals surface area contributed by atoms with Crippen LogP contribution >= 0.6 is 0 Å². The Labute approximate surface area is 106 Å². The van der Waals surface area contributed by atoms with Crippen LogP contribution in [0.4, 0.5) is 0 Å². The van der Waals surface area contributed by atoms with Crippen molar-refractivity contribution in [1.29, 1.82) is 0 Å². The third-order valence-electron chi connectivity index (χ3n) is 5.00. The second-order valence-electron chi connectivity index (χ2n) is 6.21. The Hall–Kier alpha value is -0.120. The van der Waals surface area contributed by atoms with Crippen molar-refractivity contribution in [2.45, 2.75) is 51.6 Å². The van der Waals surface area contributed by atoms with Crippen LogP contribution in [0, 0.1) is 11.8 Å². The normalized spacial score (nSPS) is 44.8. The smallest absolute Gasteiger partial charge is 0.0620 e. The van der Waals surface area contributed by atoms with E-state index in [1.54, 1.807) is 0 Å². The van der Waals surface area contributed by atoms with E-state index in [4.69, 9.17) is 10.5 Å². The largest absolute Gasteiger partial charge is 0.379 e. The lowest BCUT2D eigenvalue weighted by atomic mass is 9.68. The summed E-state index contributed by atoms with van der Waals surface area (Å²) in [5.41, 5.74) is 6.42. The Balaban J connectivity index is 2.21. The average molecular weight is 240 g/mol. The number of nitrogens with two attached hydrogens (primary N) is 1. The zero-order valence-electron chi connectivity index (χ0n) is 11.6. The van der Waals surface area contributed by atoms with Crippen molar-refractivity contribution in [2.24, 2.45) is 17.6 Å². The summed E-state index contributed by atoms with van der Waals surface area (Å²) < 4.78 is 5.57. The first-order chi connectivity index (χ1) is 8.10. The minimum atomic E-state index is 0.223. The molecule has 4 atom stereocenters. The number of hydrogen-bond acceptors (Lipinski definition) is 3. The van der Waals surface area contributed by atoms with Crippen LogP contribution in [-0.4, -0.2) is 42.8 Å². The van der Waals surface area contributed by atoms with Crippen molar-refractivity contribution < 1.29 is 4.74 Å². The molecule has 0 bridgehead atoms. The molecular weight excluding hydrogens is 212 g/mol. The highest BCUT2D eigenvalue weighted by atomic mass is 16.5. The van der Waals surface area contributed by atoms with Gasteiger partial charge in [0.05, 0.1) is 13.2 Å². The molecule has 1 aliphatic heterocycles. The SMILES string of the molecule is CC1CCC(C)C(CN)(N2CCOCC2C)C1. The number of ether oxygens (including phenoxy) is 1. The maximum absolute atomic E-state index is 6.20. The van der Waals surface area contributed by atoms with E-state index < -0.39 is 0 Å². The van der Waals surface area contributed by atoms with E-state index in [0.29, 0.717) is 12.0 Å². The molecule has 100 valence electrons. The van der Waals surface area contributed by atoms with E-state index in [2.05, 4.69) is 25.7 Å². The fraction of sp³-hybridized carbons (Fsp3) is 1.00. The van der Waals surface area contributed by atoms with Crippen molar-refractivity contribution in [2.75, 3.05) is 26.3 Å². The quantitative estimate of drug-likeness (QED) is 0.800. The molecule has 1 heterocycles. The molecule has 0 amide bonds. The van der Waals surface area contributed by atoms with Gasteiger partial charge in [0.15, 0.2) is 0 Å². The highest BCUT2D eigenvalue weighted by molar-refractivity contribution is 5.02. The first-order valence-corrected chi connectivity index (χ1v) is 7.14. The van der Waals surface area contributed by atoms with Crippen LogP contribution in [0.2, 0.25) is 0 Å². The number of rotatable bonds is 2. The predicted octanol–water partition coefficient (Wildman–Crippen LogP) is 1.86. The van der Waals surface area contributed by atoms with Gasteiger partial charge in [-0.15, -0.1) is 0 Å². The van der Waals surface area contributed by atoms with E-state index >= 15 is 0 Å². The molecule has 1 saturated heterocycles. The summed E-state index contributed by atoms with van der Waals surface area (Å²) in [6, 6.07) is 0.514. The highest BCUT2D eigenvalue weighted by Crippen LogP contribution is 2.41. The van der Waals surface area contributed by atoms with Crippen LogP contribution in [0.5, 0.6) is 0 Å². The molecule has 0 radical (unpaired) electrons. The van der Waals surface area contributed by atoms with E-state index in [1.807, 2.05) is 0 Å². The second kappa shape index (κ2) is 5.25. The van der Waals surface area contributed by atoms with E-state index in [0.717, 1.165) is 32.2 Å². The lowest BCUT2D eigenvalue weighted by molar-refractivity contribution is -0.0940. The Bertz CT molecular complexity index is 259. The van der Waals surface area contributed by atoms with Gasteiger partial charge in [0.2, 0.25) is 0 Å². The monoisotopic (exact) mass is 240 g/mol. The second-order valence-corrected chi connectivity index (χ2v) is 6.21. The molecule has 0 aromatic carbocycles. The zero-order chi connectivity index (χ0) is 12.5. The van der Waals surface area contributed by atoms with Gasteiger partial charge in [0.25, 0.3) is 0 Å². The first-order valence-electron chi connectivity index (χ1n) is 7.14. The van der Waals surface area contributed by atoms with Crippen molar-refractivity contribution in [1.82, 2.24) is 4.90 Å². The predicted molar refractivity (Wildman–Crippen MR) is 71.0 cm³/mol. The third kappa shape index (κ3) is 2.38. The summed E-state index contributed by atoms with van der Waals surface area (Å²) in [5.74, 6) is 1.52. The first kappa shape index (κ1) is 13.3. The van der Waals surface area contributed by atoms with Crippen molar-refractivity contribution in [3.63, 3.8) is 0 Å². The molecule has 17 heavy (non-hydrogen) atoms. The lowest BCUT2D eigenvalue weighted by Crippen LogP contribution is -2.65. The van der Waals surface area contributed by atoms with Gasteiger partial charge in [-0.3, -0.25) is 4.90 Å². The molecule has 2 aliphatic rings. The van der Waals surface area contributed by atoms with Crippen LogP contribution < -0.4 is 5.73 Å². The molecule has 2 rings (SSSR count). The summed E-state index contributed by atoms with van der Waals surface area (Å²) in [6.07, 6.45) is 3.94. The van der Waals surface area contributed by atoms with Crippen LogP contribution in [-0.2, 0) is 4.74 Å². The highest BCUT2D eigenvalue weighted by Gasteiger charge is 2.46. The third-order valence-corrected chi connectivity index (χ3v) is 5.00. The molecule has 2 fully saturated rings. The summed E-state index contributed by atoms with van der Waals surface area (Å²) in [7, 11) is 0. The van der Waals surface area contributed by atoms with Gasteiger partial charge < -0.3 is 10.5 Å². The minimum Gasteiger partial charge on any atom is -0.379 e. The fourth-order valence-corrected chi connectivity index (χ4v) is 3.90. The fourth-order valence-electron chi connectivity index (χ4n) is 3.90. The van der Waals surface area contributed by atoms with Gasteiger partial charge in [-0.1, -0.05) is 20.3 Å². The van der Waals surface area contributed by atoms with Gasteiger partial charge in [0, 0.05) is 24.7 Å². The Morgan fingerprint density at radius 2 is 2.06 bits per heavy atom. The molecule has 1 saturated carbocycles. The van der Waals surface area contributed by atoms with Crippen LogP contribution in [0.3, 0.4) is 0 Å². The topological polar surface area (TPSA) is 38.5 Å². The molecule has 3 nitrogen and oxygen atoms in total. The summed E-state index contributed by atoms with van der Waals surface area (Å²) in [4.78, 5) is 2.65. The van der Waals surface area contributed by atoms with Gasteiger partial charge in [-0.25, -0.2) is 0 Å². The van der Waals surface area contributed by atoms with E-state index in [9.17, 15) is 0 Å². The molecule has 3 heteroatoms. The van der Waals surface area contributed by atoms with Crippen LogP contribution in [0.25, 0.3) is 0 Å². The molecule has 0 spiro atoms. The molecule has 2 N–H and O–H groups in total. The number of morpholine rings is 1. The Morgan fingerprint density at radius 3 is 2.71 bits per heavy atom. The van der Waals surface area contributed by atoms with Gasteiger partial charge in [-0.2, -0.15) is 0 Å². The summed E-state index contributed by atoms with van der Waals surface area (Å²) in [6.45, 7) is 10.6. The molecule has 1 aliphatic carbocycles. The van der Waals surface area contributed by atoms with E-state index in [-0.39, 0.29) is 5.54 Å². The molecule has 0 aromatic rings. The number of hydrogen-bond donors (Lipinski definition) is 1. The van der Waals surface area contributed by atoms with Gasteiger partial charge in [0.1, 0.15) is 0 Å². The molecule has 0 aromatic heterocycles. The van der Waals surface area contributed by atoms with E-state index in [1.165, 1.54) is 19.3 Å². The summed E-state index contributed by atoms with van der Waals surface area (Å²) in [5, 5.41) is 0.